The lowest BCUT2D eigenvalue weighted by atomic mass is 10.4. The zero-order valence-electron chi connectivity index (χ0n) is 12.5. The minimum Gasteiger partial charge on any atom is -0.245 e. The van der Waals surface area contributed by atoms with E-state index in [4.69, 9.17) is 16.9 Å². The van der Waals surface area contributed by atoms with Gasteiger partial charge in [-0.05, 0) is 36.4 Å². The van der Waals surface area contributed by atoms with Gasteiger partial charge < -0.3 is 0 Å². The summed E-state index contributed by atoms with van der Waals surface area (Å²) >= 11 is 5.77. The normalized spacial score (nSPS) is 14.5. The van der Waals surface area contributed by atoms with Crippen molar-refractivity contribution in [1.82, 2.24) is 4.98 Å². The van der Waals surface area contributed by atoms with E-state index in [2.05, 4.69) is 9.35 Å². The van der Waals surface area contributed by atoms with Gasteiger partial charge in [0.25, 0.3) is 0 Å². The molecule has 0 amide bonds. The van der Waals surface area contributed by atoms with Crippen LogP contribution in [0.4, 0.5) is 0 Å². The molecule has 6 nitrogen and oxygen atoms in total. The monoisotopic (exact) mass is 381 g/mol. The van der Waals surface area contributed by atoms with Crippen LogP contribution in [0.1, 0.15) is 0 Å². The van der Waals surface area contributed by atoms with Gasteiger partial charge in [0.15, 0.2) is 9.93 Å². The van der Waals surface area contributed by atoms with Crippen LogP contribution < -0.4 is 0 Å². The lowest BCUT2D eigenvalue weighted by Crippen LogP contribution is -2.05. The van der Waals surface area contributed by atoms with Gasteiger partial charge in [0.05, 0.1) is 15.9 Å². The summed E-state index contributed by atoms with van der Waals surface area (Å²) < 4.78 is 41.1. The number of allylic oxidation sites excluding steroid dienone is 1. The SMILES string of the molecule is C[S@](=O)(=N/C=C(\C#N)S(=O)(=O)c1ccccn1)c1ccc(Cl)cc1. The van der Waals surface area contributed by atoms with E-state index in [1.54, 1.807) is 24.3 Å². The largest absolute Gasteiger partial charge is 0.245 e. The van der Waals surface area contributed by atoms with Crippen molar-refractivity contribution >= 4 is 31.2 Å². The van der Waals surface area contributed by atoms with Crippen molar-refractivity contribution in [2.75, 3.05) is 6.26 Å². The van der Waals surface area contributed by atoms with Crippen molar-refractivity contribution in [3.63, 3.8) is 0 Å². The molecule has 0 N–H and O–H groups in total. The molecule has 0 unspecified atom stereocenters. The molecular formula is C15H12ClN3O3S2. The van der Waals surface area contributed by atoms with Crippen LogP contribution in [0.5, 0.6) is 0 Å². The summed E-state index contributed by atoms with van der Waals surface area (Å²) in [4.78, 5) is 3.46. The molecule has 9 heteroatoms. The molecule has 0 aliphatic heterocycles. The number of rotatable bonds is 4. The van der Waals surface area contributed by atoms with Crippen molar-refractivity contribution < 1.29 is 12.6 Å². The first-order chi connectivity index (χ1) is 11.3. The number of halogens is 1. The van der Waals surface area contributed by atoms with Gasteiger partial charge in [-0.3, -0.25) is 0 Å². The number of aromatic nitrogens is 1. The Kier molecular flexibility index (Phi) is 5.39. The maximum absolute atomic E-state index is 12.6. The molecule has 2 aromatic rings. The topological polar surface area (TPSA) is 100 Å². The van der Waals surface area contributed by atoms with Crippen molar-refractivity contribution in [3.8, 4) is 6.07 Å². The molecule has 1 heterocycles. The highest BCUT2D eigenvalue weighted by atomic mass is 35.5. The van der Waals surface area contributed by atoms with E-state index in [1.165, 1.54) is 36.7 Å². The van der Waals surface area contributed by atoms with Gasteiger partial charge in [-0.15, -0.1) is 0 Å². The number of pyridine rings is 1. The fraction of sp³-hybridized carbons (Fsp3) is 0.0667. The van der Waals surface area contributed by atoms with Crippen LogP contribution >= 0.6 is 11.6 Å². The maximum Gasteiger partial charge on any atom is 0.235 e. The van der Waals surface area contributed by atoms with Crippen LogP contribution in [0.3, 0.4) is 0 Å². The molecule has 2 rings (SSSR count). The first kappa shape index (κ1) is 18.1. The first-order valence-electron chi connectivity index (χ1n) is 6.50. The first-order valence-corrected chi connectivity index (χ1v) is 10.3. The predicted molar refractivity (Wildman–Crippen MR) is 91.3 cm³/mol. The van der Waals surface area contributed by atoms with Gasteiger partial charge in [0.2, 0.25) is 9.84 Å². The quantitative estimate of drug-likeness (QED) is 0.757. The van der Waals surface area contributed by atoms with Crippen LogP contribution in [-0.4, -0.2) is 23.9 Å². The van der Waals surface area contributed by atoms with Crippen molar-refractivity contribution in [1.29, 1.82) is 5.26 Å². The number of nitriles is 1. The van der Waals surface area contributed by atoms with Gasteiger partial charge in [-0.2, -0.15) is 5.26 Å². The second-order valence-corrected chi connectivity index (χ2v) is 9.23. The number of nitrogens with zero attached hydrogens (tertiary/aromatic N) is 3. The van der Waals surface area contributed by atoms with E-state index >= 15 is 0 Å². The van der Waals surface area contributed by atoms with Crippen LogP contribution in [0.25, 0.3) is 0 Å². The highest BCUT2D eigenvalue weighted by molar-refractivity contribution is 7.95. The molecule has 0 saturated heterocycles. The number of benzene rings is 1. The van der Waals surface area contributed by atoms with Gasteiger partial charge in [-0.25, -0.2) is 22.0 Å². The summed E-state index contributed by atoms with van der Waals surface area (Å²) in [6.07, 6.45) is 3.45. The third-order valence-corrected chi connectivity index (χ3v) is 6.41. The molecule has 1 aromatic heterocycles. The predicted octanol–water partition coefficient (Wildman–Crippen LogP) is 3.03. The lowest BCUT2D eigenvalue weighted by Gasteiger charge is -2.04. The molecule has 1 atom stereocenters. The maximum atomic E-state index is 12.6. The minimum atomic E-state index is -4.11. The van der Waals surface area contributed by atoms with Crippen molar-refractivity contribution in [2.45, 2.75) is 9.92 Å². The Morgan fingerprint density at radius 2 is 1.88 bits per heavy atom. The zero-order valence-corrected chi connectivity index (χ0v) is 14.8. The number of hydrogen-bond acceptors (Lipinski definition) is 6. The van der Waals surface area contributed by atoms with E-state index < -0.39 is 24.5 Å². The fourth-order valence-corrected chi connectivity index (χ4v) is 3.93. The summed E-state index contributed by atoms with van der Waals surface area (Å²) in [6.45, 7) is 0. The second kappa shape index (κ2) is 7.13. The van der Waals surface area contributed by atoms with Gasteiger partial charge >= 0.3 is 0 Å². The Balaban J connectivity index is 2.50. The van der Waals surface area contributed by atoms with Crippen LogP contribution in [0, 0.1) is 11.3 Å². The third-order valence-electron chi connectivity index (χ3n) is 2.93. The summed E-state index contributed by atoms with van der Waals surface area (Å²) in [5, 5.41) is 9.33. The molecule has 0 fully saturated rings. The van der Waals surface area contributed by atoms with E-state index in [1.807, 2.05) is 0 Å². The molecule has 0 saturated carbocycles. The average Bonchev–Trinajstić information content (AvgIpc) is 2.56. The molecule has 0 radical (unpaired) electrons. The zero-order chi connectivity index (χ0) is 17.8. The molecular weight excluding hydrogens is 370 g/mol. The van der Waals surface area contributed by atoms with Gasteiger partial charge in [0, 0.05) is 22.4 Å². The molecule has 0 aliphatic carbocycles. The van der Waals surface area contributed by atoms with E-state index in [9.17, 15) is 12.6 Å². The second-order valence-electron chi connectivity index (χ2n) is 4.64. The molecule has 0 bridgehead atoms. The Labute approximate surface area is 145 Å². The molecule has 124 valence electrons. The van der Waals surface area contributed by atoms with Crippen molar-refractivity contribution in [2.24, 2.45) is 4.36 Å². The summed E-state index contributed by atoms with van der Waals surface area (Å²) in [5.41, 5.74) is 0. The van der Waals surface area contributed by atoms with E-state index in [-0.39, 0.29) is 5.03 Å². The highest BCUT2D eigenvalue weighted by Crippen LogP contribution is 2.19. The molecule has 0 spiro atoms. The fourth-order valence-electron chi connectivity index (χ4n) is 1.67. The average molecular weight is 382 g/mol. The third kappa shape index (κ3) is 4.00. The smallest absolute Gasteiger partial charge is 0.235 e. The highest BCUT2D eigenvalue weighted by Gasteiger charge is 2.22. The Bertz CT molecular complexity index is 1030. The Morgan fingerprint density at radius 1 is 1.21 bits per heavy atom. The minimum absolute atomic E-state index is 0.276. The number of sulfone groups is 1. The summed E-state index contributed by atoms with van der Waals surface area (Å²) in [6, 6.07) is 12.0. The van der Waals surface area contributed by atoms with Gasteiger partial charge in [0.1, 0.15) is 6.07 Å². The van der Waals surface area contributed by atoms with Crippen LogP contribution in [-0.2, 0) is 19.6 Å². The van der Waals surface area contributed by atoms with Crippen LogP contribution in [0.2, 0.25) is 5.02 Å². The molecule has 1 aromatic carbocycles. The van der Waals surface area contributed by atoms with Gasteiger partial charge in [-0.1, -0.05) is 17.7 Å². The summed E-state index contributed by atoms with van der Waals surface area (Å²) in [7, 11) is -7.03. The van der Waals surface area contributed by atoms with E-state index in [0.717, 1.165) is 6.20 Å². The Hall–Kier alpha value is -2.21. The molecule has 24 heavy (non-hydrogen) atoms. The van der Waals surface area contributed by atoms with Crippen LogP contribution in [0.15, 0.2) is 74.1 Å². The van der Waals surface area contributed by atoms with Crippen molar-refractivity contribution in [3.05, 3.63) is 64.8 Å². The standard InChI is InChI=1S/C15H12ClN3O3S2/c1-23(20,13-7-5-12(16)6-8-13)19-11-14(10-17)24(21,22)15-4-2-3-9-18-15/h2-9,11H,1H3/b14-11+/t23-/m1/s1. The summed E-state index contributed by atoms with van der Waals surface area (Å²) in [5.74, 6) is 0. The number of hydrogen-bond donors (Lipinski definition) is 0. The molecule has 0 aliphatic rings. The van der Waals surface area contributed by atoms with E-state index in [0.29, 0.717) is 9.92 Å². The lowest BCUT2D eigenvalue weighted by molar-refractivity contribution is 0.599. The Morgan fingerprint density at radius 3 is 2.42 bits per heavy atom.